The number of imidazole rings is 1. The van der Waals surface area contributed by atoms with Crippen molar-refractivity contribution in [2.75, 3.05) is 5.73 Å². The van der Waals surface area contributed by atoms with Crippen LogP contribution in [0.4, 0.5) is 5.95 Å². The lowest BCUT2D eigenvalue weighted by Crippen LogP contribution is -2.56. The number of H-pyrrole nitrogens is 1. The number of carbonyl (C=O) groups is 3. The maximum atomic E-state index is 13.0. The number of carboxylic acid groups (broad SMARTS) is 3. The molecule has 0 aliphatic carbocycles. The van der Waals surface area contributed by atoms with Gasteiger partial charge in [-0.2, -0.15) is 4.98 Å². The number of benzene rings is 3. The van der Waals surface area contributed by atoms with E-state index in [0.717, 1.165) is 41.2 Å². The normalized spacial score (nSPS) is 23.0. The summed E-state index contributed by atoms with van der Waals surface area (Å²) in [6.45, 7) is 0. The van der Waals surface area contributed by atoms with Gasteiger partial charge in [-0.1, -0.05) is 72.8 Å². The van der Waals surface area contributed by atoms with Crippen molar-refractivity contribution in [3.8, 4) is 0 Å². The largest absolute Gasteiger partial charge is 0.545 e. The van der Waals surface area contributed by atoms with Crippen LogP contribution in [-0.4, -0.2) is 58.9 Å². The SMILES string of the molecule is Nc1nc2c(ncn2C2OC(C(O)c3ccccc3C(=O)[O-])C(O)(c3ccccc3C(=O)[O-])C2(O)c2ccccc2C(=O)[O-])c(=O)[nH]1. The van der Waals surface area contributed by atoms with E-state index in [1.54, 1.807) is 0 Å². The summed E-state index contributed by atoms with van der Waals surface area (Å²) in [7, 11) is 0. The van der Waals surface area contributed by atoms with Gasteiger partial charge in [0.1, 0.15) is 12.2 Å². The second-order valence-corrected chi connectivity index (χ2v) is 10.7. The molecule has 3 heterocycles. The zero-order valence-electron chi connectivity index (χ0n) is 23.8. The lowest BCUT2D eigenvalue weighted by molar-refractivity contribution is -0.257. The standard InChI is InChI=1S/C31H25N5O11/c32-29-34-23-20(24(38)35-29)33-13-36(23)28-31(46,19-12-6-4-10-17(19)27(43)44)30(45,18-11-5-3-9-16(18)26(41)42)22(47-28)21(37)14-7-1-2-8-15(14)25(39)40/h1-13,21-22,28,37,45-46H,(H,39,40)(H,41,42)(H,43,44)(H3,32,34,35,38)/p-3. The lowest BCUT2D eigenvalue weighted by atomic mass is 9.67. The Morgan fingerprint density at radius 1 is 0.851 bits per heavy atom. The summed E-state index contributed by atoms with van der Waals surface area (Å²) >= 11 is 0. The molecule has 5 aromatic rings. The maximum Gasteiger partial charge on any atom is 0.280 e. The number of ether oxygens (including phenoxy) is 1. The third kappa shape index (κ3) is 4.54. The van der Waals surface area contributed by atoms with Crippen molar-refractivity contribution >= 4 is 35.0 Å². The van der Waals surface area contributed by atoms with Crippen molar-refractivity contribution in [1.29, 1.82) is 0 Å². The van der Waals surface area contributed by atoms with E-state index in [4.69, 9.17) is 10.5 Å². The van der Waals surface area contributed by atoms with E-state index in [0.29, 0.717) is 0 Å². The van der Waals surface area contributed by atoms with Crippen LogP contribution in [0.5, 0.6) is 0 Å². The molecule has 0 bridgehead atoms. The van der Waals surface area contributed by atoms with Crippen molar-refractivity contribution in [3.63, 3.8) is 0 Å². The molecule has 16 heteroatoms. The molecule has 5 unspecified atom stereocenters. The Morgan fingerprint density at radius 2 is 1.36 bits per heavy atom. The van der Waals surface area contributed by atoms with E-state index < -0.39 is 86.9 Å². The number of aliphatic hydroxyl groups is 3. The fourth-order valence-corrected chi connectivity index (χ4v) is 6.21. The van der Waals surface area contributed by atoms with Crippen LogP contribution in [-0.2, 0) is 15.9 Å². The van der Waals surface area contributed by atoms with Crippen molar-refractivity contribution in [1.82, 2.24) is 19.5 Å². The van der Waals surface area contributed by atoms with Crippen LogP contribution in [0.3, 0.4) is 0 Å². The number of aromatic carboxylic acids is 3. The van der Waals surface area contributed by atoms with Crippen LogP contribution >= 0.6 is 0 Å². The minimum Gasteiger partial charge on any atom is -0.545 e. The summed E-state index contributed by atoms with van der Waals surface area (Å²) in [6.07, 6.45) is -5.52. The number of carboxylic acids is 3. The first-order valence-electron chi connectivity index (χ1n) is 13.7. The molecule has 1 aliphatic rings. The first kappa shape index (κ1) is 31.1. The number of rotatable bonds is 8. The van der Waals surface area contributed by atoms with Gasteiger partial charge in [-0.25, -0.2) is 4.98 Å². The number of hydrogen-bond acceptors (Lipinski definition) is 14. The summed E-state index contributed by atoms with van der Waals surface area (Å²) in [5.41, 5.74) is -5.56. The van der Waals surface area contributed by atoms with E-state index in [9.17, 15) is 49.8 Å². The first-order chi connectivity index (χ1) is 22.3. The summed E-state index contributed by atoms with van der Waals surface area (Å²) in [4.78, 5) is 59.9. The van der Waals surface area contributed by atoms with Crippen molar-refractivity contribution in [3.05, 3.63) is 123 Å². The molecule has 240 valence electrons. The third-order valence-corrected chi connectivity index (χ3v) is 8.23. The predicted molar refractivity (Wildman–Crippen MR) is 152 cm³/mol. The van der Waals surface area contributed by atoms with Crippen LogP contribution in [0.1, 0.15) is 60.1 Å². The highest BCUT2D eigenvalue weighted by Crippen LogP contribution is 2.60. The minimum atomic E-state index is -3.18. The molecule has 3 aromatic carbocycles. The average molecular weight is 641 g/mol. The Hall–Kier alpha value is -5.94. The van der Waals surface area contributed by atoms with Crippen LogP contribution in [0, 0.1) is 0 Å². The number of hydrogen-bond donors (Lipinski definition) is 5. The number of aliphatic hydroxyl groups excluding tert-OH is 1. The van der Waals surface area contributed by atoms with E-state index >= 15 is 0 Å². The van der Waals surface area contributed by atoms with Crippen molar-refractivity contribution in [2.24, 2.45) is 0 Å². The van der Waals surface area contributed by atoms with Gasteiger partial charge >= 0.3 is 0 Å². The van der Waals surface area contributed by atoms with Crippen LogP contribution in [0.25, 0.3) is 11.2 Å². The topological polar surface area (TPSA) is 280 Å². The van der Waals surface area contributed by atoms with Gasteiger partial charge in [0.05, 0.1) is 24.2 Å². The highest BCUT2D eigenvalue weighted by atomic mass is 16.6. The van der Waals surface area contributed by atoms with Crippen LogP contribution in [0.2, 0.25) is 0 Å². The van der Waals surface area contributed by atoms with Gasteiger partial charge in [-0.3, -0.25) is 14.3 Å². The summed E-state index contributed by atoms with van der Waals surface area (Å²) in [5, 5.41) is 74.8. The lowest BCUT2D eigenvalue weighted by Gasteiger charge is -2.44. The number of aromatic nitrogens is 4. The summed E-state index contributed by atoms with van der Waals surface area (Å²) in [6, 6.07) is 14.3. The van der Waals surface area contributed by atoms with Crippen LogP contribution in [0.15, 0.2) is 83.9 Å². The van der Waals surface area contributed by atoms with E-state index in [-0.39, 0.29) is 16.7 Å². The van der Waals surface area contributed by atoms with Gasteiger partial charge < -0.3 is 55.5 Å². The number of nitrogens with one attached hydrogen (secondary N) is 1. The molecular formula is C31H22N5O11-3. The number of nitrogen functional groups attached to an aromatic ring is 1. The fraction of sp³-hybridized carbons (Fsp3) is 0.161. The molecule has 1 fully saturated rings. The molecule has 5 atom stereocenters. The fourth-order valence-electron chi connectivity index (χ4n) is 6.21. The van der Waals surface area contributed by atoms with Crippen molar-refractivity contribution in [2.45, 2.75) is 29.6 Å². The third-order valence-electron chi connectivity index (χ3n) is 8.23. The smallest absolute Gasteiger partial charge is 0.280 e. The molecule has 0 amide bonds. The molecule has 6 rings (SSSR count). The zero-order chi connectivity index (χ0) is 33.8. The zero-order valence-corrected chi connectivity index (χ0v) is 23.8. The quantitative estimate of drug-likeness (QED) is 0.115. The maximum absolute atomic E-state index is 13.0. The van der Waals surface area contributed by atoms with Gasteiger partial charge in [-0.05, 0) is 11.1 Å². The predicted octanol–water partition coefficient (Wildman–Crippen LogP) is -2.80. The van der Waals surface area contributed by atoms with Crippen molar-refractivity contribution < 1.29 is 49.8 Å². The highest BCUT2D eigenvalue weighted by Gasteiger charge is 2.71. The second-order valence-electron chi connectivity index (χ2n) is 10.7. The summed E-state index contributed by atoms with van der Waals surface area (Å²) < 4.78 is 7.12. The molecule has 0 saturated carbocycles. The number of nitrogens with zero attached hydrogens (tertiary/aromatic N) is 3. The molecule has 16 nitrogen and oxygen atoms in total. The molecule has 6 N–H and O–H groups in total. The van der Waals surface area contributed by atoms with Gasteiger partial charge in [0.15, 0.2) is 28.6 Å². The van der Waals surface area contributed by atoms with Gasteiger partial charge in [-0.15, -0.1) is 0 Å². The monoisotopic (exact) mass is 640 g/mol. The van der Waals surface area contributed by atoms with E-state index in [1.165, 1.54) is 42.5 Å². The molecule has 0 spiro atoms. The average Bonchev–Trinajstić information content (AvgIpc) is 3.57. The molecule has 1 saturated heterocycles. The first-order valence-corrected chi connectivity index (χ1v) is 13.7. The Morgan fingerprint density at radius 3 is 1.94 bits per heavy atom. The Bertz CT molecular complexity index is 2150. The minimum absolute atomic E-state index is 0.330. The molecular weight excluding hydrogens is 618 g/mol. The number of aromatic amines is 1. The molecule has 2 aromatic heterocycles. The number of fused-ring (bicyclic) bond motifs is 1. The molecule has 47 heavy (non-hydrogen) atoms. The van der Waals surface area contributed by atoms with E-state index in [2.05, 4.69) is 15.0 Å². The van der Waals surface area contributed by atoms with Crippen LogP contribution < -0.4 is 26.6 Å². The number of nitrogens with two attached hydrogens (primary N) is 1. The Balaban J connectivity index is 1.76. The summed E-state index contributed by atoms with van der Waals surface area (Å²) in [5.74, 6) is -5.81. The molecule has 0 radical (unpaired) electrons. The molecule has 1 aliphatic heterocycles. The van der Waals surface area contributed by atoms with Gasteiger partial charge in [0.25, 0.3) is 5.56 Å². The Labute approximate surface area is 262 Å². The second kappa shape index (κ2) is 11.1. The van der Waals surface area contributed by atoms with Gasteiger partial charge in [0, 0.05) is 22.3 Å². The van der Waals surface area contributed by atoms with Gasteiger partial charge in [0.2, 0.25) is 5.95 Å². The number of anilines is 1. The number of carbonyl (C=O) groups excluding carboxylic acids is 3. The Kier molecular flexibility index (Phi) is 7.36. The highest BCUT2D eigenvalue weighted by molar-refractivity contribution is 5.90. The van der Waals surface area contributed by atoms with E-state index in [1.807, 2.05) is 0 Å².